The second-order valence-corrected chi connectivity index (χ2v) is 8.23. The fourth-order valence-corrected chi connectivity index (χ4v) is 5.94. The van der Waals surface area contributed by atoms with Crippen molar-refractivity contribution >= 4 is 5.78 Å². The molecule has 0 radical (unpaired) electrons. The number of ketones is 1. The molecule has 4 aliphatic rings. The molecule has 3 nitrogen and oxygen atoms in total. The summed E-state index contributed by atoms with van der Waals surface area (Å²) in [6.07, 6.45) is 14.8. The van der Waals surface area contributed by atoms with Crippen LogP contribution in [-0.2, 0) is 14.3 Å². The first-order valence-corrected chi connectivity index (χ1v) is 9.79. The second-order valence-electron chi connectivity index (χ2n) is 8.23. The molecule has 0 spiro atoms. The van der Waals surface area contributed by atoms with E-state index in [9.17, 15) is 4.79 Å². The highest BCUT2D eigenvalue weighted by Crippen LogP contribution is 2.54. The molecule has 0 aromatic carbocycles. The quantitative estimate of drug-likeness (QED) is 0.770. The summed E-state index contributed by atoms with van der Waals surface area (Å²) in [5, 5.41) is 0. The van der Waals surface area contributed by atoms with Crippen LogP contribution in [0, 0.1) is 29.6 Å². The summed E-state index contributed by atoms with van der Waals surface area (Å²) < 4.78 is 10.7. The minimum absolute atomic E-state index is 0.153. The van der Waals surface area contributed by atoms with Gasteiger partial charge >= 0.3 is 0 Å². The highest BCUT2D eigenvalue weighted by atomic mass is 16.6. The van der Waals surface area contributed by atoms with Crippen LogP contribution in [0.3, 0.4) is 0 Å². The van der Waals surface area contributed by atoms with Crippen LogP contribution in [0.4, 0.5) is 0 Å². The van der Waals surface area contributed by atoms with Gasteiger partial charge in [0, 0.05) is 6.42 Å². The minimum atomic E-state index is 0.153. The molecule has 23 heavy (non-hydrogen) atoms. The van der Waals surface area contributed by atoms with E-state index in [0.717, 1.165) is 23.7 Å². The van der Waals surface area contributed by atoms with Gasteiger partial charge in [-0.15, -0.1) is 0 Å². The molecule has 1 heterocycles. The van der Waals surface area contributed by atoms with Crippen LogP contribution in [0.15, 0.2) is 12.0 Å². The lowest BCUT2D eigenvalue weighted by molar-refractivity contribution is -0.121. The van der Waals surface area contributed by atoms with Crippen molar-refractivity contribution in [2.45, 2.75) is 64.2 Å². The number of fused-ring (bicyclic) bond motifs is 3. The number of ether oxygens (including phenoxy) is 2. The number of Topliss-reactive ketones (excluding diaryl/α,β-unsaturated/α-hetero) is 1. The maximum absolute atomic E-state index is 12.4. The zero-order valence-electron chi connectivity index (χ0n) is 14.2. The maximum atomic E-state index is 12.4. The van der Waals surface area contributed by atoms with Crippen LogP contribution in [-0.4, -0.2) is 19.0 Å². The molecule has 5 unspecified atom stereocenters. The van der Waals surface area contributed by atoms with E-state index in [-0.39, 0.29) is 5.78 Å². The van der Waals surface area contributed by atoms with Gasteiger partial charge in [0.2, 0.25) is 5.78 Å². The van der Waals surface area contributed by atoms with Crippen LogP contribution < -0.4 is 0 Å². The summed E-state index contributed by atoms with van der Waals surface area (Å²) in [5.74, 6) is 5.05. The van der Waals surface area contributed by atoms with Crippen molar-refractivity contribution in [1.82, 2.24) is 0 Å². The predicted molar refractivity (Wildman–Crippen MR) is 88.6 cm³/mol. The van der Waals surface area contributed by atoms with Crippen molar-refractivity contribution < 1.29 is 14.3 Å². The number of allylic oxidation sites excluding steroid dienone is 1. The average Bonchev–Trinajstić information content (AvgIpc) is 2.76. The van der Waals surface area contributed by atoms with Crippen molar-refractivity contribution in [1.29, 1.82) is 0 Å². The third-order valence-electron chi connectivity index (χ3n) is 6.92. The lowest BCUT2D eigenvalue weighted by Gasteiger charge is -2.34. The topological polar surface area (TPSA) is 35.5 Å². The number of carbonyl (C=O) groups is 1. The van der Waals surface area contributed by atoms with Gasteiger partial charge in [-0.1, -0.05) is 25.7 Å². The molecule has 128 valence electrons. The Labute approximate surface area is 139 Å². The highest BCUT2D eigenvalue weighted by molar-refractivity contribution is 5.93. The summed E-state index contributed by atoms with van der Waals surface area (Å²) in [5.41, 5.74) is 0. The van der Waals surface area contributed by atoms with Gasteiger partial charge < -0.3 is 9.47 Å². The molecule has 4 rings (SSSR count). The first-order valence-electron chi connectivity index (χ1n) is 9.79. The Morgan fingerprint density at radius 1 is 0.957 bits per heavy atom. The Kier molecular flexibility index (Phi) is 4.64. The van der Waals surface area contributed by atoms with E-state index in [1.54, 1.807) is 0 Å². The molecule has 0 N–H and O–H groups in total. The van der Waals surface area contributed by atoms with Crippen LogP contribution in [0.2, 0.25) is 0 Å². The van der Waals surface area contributed by atoms with Crippen LogP contribution in [0.1, 0.15) is 64.2 Å². The molecule has 3 aliphatic carbocycles. The Hall–Kier alpha value is -0.990. The molecule has 5 atom stereocenters. The normalized spacial score (nSPS) is 40.0. The largest absolute Gasteiger partial charge is 0.494 e. The van der Waals surface area contributed by atoms with Gasteiger partial charge in [-0.2, -0.15) is 0 Å². The van der Waals surface area contributed by atoms with Gasteiger partial charge in [-0.05, 0) is 61.7 Å². The van der Waals surface area contributed by atoms with Gasteiger partial charge in [0.1, 0.15) is 19.5 Å². The van der Waals surface area contributed by atoms with E-state index in [0.29, 0.717) is 31.3 Å². The molecule has 0 saturated heterocycles. The monoisotopic (exact) mass is 318 g/mol. The van der Waals surface area contributed by atoms with Gasteiger partial charge in [0.25, 0.3) is 0 Å². The lowest BCUT2D eigenvalue weighted by Crippen LogP contribution is -2.27. The van der Waals surface area contributed by atoms with Gasteiger partial charge in [0.05, 0.1) is 0 Å². The van der Waals surface area contributed by atoms with Gasteiger partial charge in [0.15, 0.2) is 5.76 Å². The Morgan fingerprint density at radius 2 is 1.83 bits per heavy atom. The van der Waals surface area contributed by atoms with E-state index >= 15 is 0 Å². The molecule has 3 saturated carbocycles. The van der Waals surface area contributed by atoms with Crippen molar-refractivity contribution in [2.24, 2.45) is 29.6 Å². The highest BCUT2D eigenvalue weighted by Gasteiger charge is 2.45. The summed E-state index contributed by atoms with van der Waals surface area (Å²) >= 11 is 0. The number of hydrogen-bond donors (Lipinski definition) is 0. The predicted octanol–water partition coefficient (Wildman–Crippen LogP) is 4.47. The number of carbonyl (C=O) groups excluding carboxylic acids is 1. The summed E-state index contributed by atoms with van der Waals surface area (Å²) in [6, 6.07) is 0. The van der Waals surface area contributed by atoms with Gasteiger partial charge in [-0.3, -0.25) is 4.79 Å². The summed E-state index contributed by atoms with van der Waals surface area (Å²) in [6.45, 7) is 1.07. The molecule has 3 heteroatoms. The van der Waals surface area contributed by atoms with Gasteiger partial charge in [-0.25, -0.2) is 0 Å². The van der Waals surface area contributed by atoms with Crippen LogP contribution in [0.25, 0.3) is 0 Å². The lowest BCUT2D eigenvalue weighted by atomic mass is 9.71. The van der Waals surface area contributed by atoms with Crippen molar-refractivity contribution in [2.75, 3.05) is 13.2 Å². The Balaban J connectivity index is 1.34. The third kappa shape index (κ3) is 3.29. The maximum Gasteiger partial charge on any atom is 0.200 e. The van der Waals surface area contributed by atoms with Crippen LogP contribution in [0.5, 0.6) is 0 Å². The van der Waals surface area contributed by atoms with E-state index in [1.807, 2.05) is 0 Å². The molecular formula is C20H30O3. The SMILES string of the molecule is O=C(CC1CCC2C(C1)CC1CCCCCC12)C1=COCCO1. The minimum Gasteiger partial charge on any atom is -0.494 e. The van der Waals surface area contributed by atoms with Crippen LogP contribution >= 0.6 is 0 Å². The summed E-state index contributed by atoms with van der Waals surface area (Å²) in [4.78, 5) is 12.4. The molecule has 0 amide bonds. The smallest absolute Gasteiger partial charge is 0.200 e. The first kappa shape index (κ1) is 15.5. The molecule has 0 aromatic heterocycles. The van der Waals surface area contributed by atoms with Crippen molar-refractivity contribution in [3.8, 4) is 0 Å². The molecular weight excluding hydrogens is 288 g/mol. The van der Waals surface area contributed by atoms with Crippen molar-refractivity contribution in [3.05, 3.63) is 12.0 Å². The second kappa shape index (κ2) is 6.86. The molecule has 1 aliphatic heterocycles. The fraction of sp³-hybridized carbons (Fsp3) is 0.850. The Morgan fingerprint density at radius 3 is 2.70 bits per heavy atom. The average molecular weight is 318 g/mol. The number of hydrogen-bond acceptors (Lipinski definition) is 3. The zero-order chi connectivity index (χ0) is 15.6. The van der Waals surface area contributed by atoms with E-state index in [1.165, 1.54) is 64.0 Å². The van der Waals surface area contributed by atoms with E-state index < -0.39 is 0 Å². The molecule has 0 bridgehead atoms. The first-order chi connectivity index (χ1) is 11.3. The number of rotatable bonds is 3. The molecule has 3 fully saturated rings. The summed E-state index contributed by atoms with van der Waals surface area (Å²) in [7, 11) is 0. The third-order valence-corrected chi connectivity index (χ3v) is 6.92. The van der Waals surface area contributed by atoms with Crippen molar-refractivity contribution in [3.63, 3.8) is 0 Å². The zero-order valence-corrected chi connectivity index (χ0v) is 14.2. The fourth-order valence-electron chi connectivity index (χ4n) is 5.94. The molecule has 0 aromatic rings. The van der Waals surface area contributed by atoms with E-state index in [2.05, 4.69) is 0 Å². The Bertz CT molecular complexity index is 470. The van der Waals surface area contributed by atoms with E-state index in [4.69, 9.17) is 9.47 Å². The standard InChI is InChI=1S/C20H30O3/c21-19(20-13-22-8-9-23-20)11-14-6-7-18-16(10-14)12-15-4-2-1-3-5-17(15)18/h13-18H,1-12H2.